The summed E-state index contributed by atoms with van der Waals surface area (Å²) < 4.78 is 94.2. The average Bonchev–Trinajstić information content (AvgIpc) is 3.06. The van der Waals surface area contributed by atoms with E-state index in [9.17, 15) is 30.0 Å². The molecule has 1 N–H and O–H groups in total. The molecule has 11 heteroatoms. The van der Waals surface area contributed by atoms with E-state index in [1.807, 2.05) is 0 Å². The summed E-state index contributed by atoms with van der Waals surface area (Å²) in [7, 11) is -8.27. The number of nitrogens with zero attached hydrogens (tertiary/aromatic N) is 1. The maximum atomic E-state index is 13.7. The van der Waals surface area contributed by atoms with Gasteiger partial charge in [0.2, 0.25) is 10.0 Å². The first kappa shape index (κ1) is 23.8. The highest BCUT2D eigenvalue weighted by Crippen LogP contribution is 2.42. The molecule has 0 spiro atoms. The monoisotopic (exact) mass is 508 g/mol. The minimum Gasteiger partial charge on any atom is -0.268 e. The largest absolute Gasteiger partial charge is 0.416 e. The molecule has 1 heterocycles. The molecule has 0 atom stereocenters. The van der Waals surface area contributed by atoms with Crippen LogP contribution in [0.3, 0.4) is 0 Å². The molecule has 0 amide bonds. The third-order valence-electron chi connectivity index (χ3n) is 5.17. The van der Waals surface area contributed by atoms with Gasteiger partial charge in [0.25, 0.3) is 10.0 Å². The second-order valence-electron chi connectivity index (χ2n) is 7.77. The fourth-order valence-electron chi connectivity index (χ4n) is 3.66. The van der Waals surface area contributed by atoms with Crippen LogP contribution in [-0.2, 0) is 26.2 Å². The van der Waals surface area contributed by atoms with Crippen molar-refractivity contribution < 1.29 is 30.0 Å². The first-order valence-corrected chi connectivity index (χ1v) is 13.2. The van der Waals surface area contributed by atoms with Gasteiger partial charge in [-0.05, 0) is 42.8 Å². The Morgan fingerprint density at radius 2 is 1.41 bits per heavy atom. The number of benzene rings is 3. The van der Waals surface area contributed by atoms with Crippen LogP contribution in [-0.4, -0.2) is 27.1 Å². The highest BCUT2D eigenvalue weighted by Gasteiger charge is 2.32. The zero-order chi connectivity index (χ0) is 24.9. The van der Waals surface area contributed by atoms with Crippen LogP contribution in [0.2, 0.25) is 0 Å². The molecule has 0 saturated carbocycles. The van der Waals surface area contributed by atoms with Crippen LogP contribution in [0.25, 0.3) is 22.0 Å². The summed E-state index contributed by atoms with van der Waals surface area (Å²) in [6.07, 6.45) is -3.70. The maximum Gasteiger partial charge on any atom is 0.416 e. The predicted octanol–water partition coefficient (Wildman–Crippen LogP) is 5.24. The molecular weight excluding hydrogens is 489 g/mol. The van der Waals surface area contributed by atoms with E-state index in [1.54, 1.807) is 37.3 Å². The number of hydrogen-bond donors (Lipinski definition) is 1. The lowest BCUT2D eigenvalue weighted by Crippen LogP contribution is -2.19. The Hall–Kier alpha value is -3.31. The number of fused-ring (bicyclic) bond motifs is 1. The van der Waals surface area contributed by atoms with Gasteiger partial charge in [-0.2, -0.15) is 13.2 Å². The molecular formula is C23H19F3N2O4S2. The van der Waals surface area contributed by atoms with Crippen LogP contribution in [0.1, 0.15) is 11.1 Å². The summed E-state index contributed by atoms with van der Waals surface area (Å²) in [4.78, 5) is -0.0747. The van der Waals surface area contributed by atoms with E-state index in [-0.39, 0.29) is 27.4 Å². The molecule has 34 heavy (non-hydrogen) atoms. The Labute approximate surface area is 194 Å². The molecule has 4 aromatic rings. The van der Waals surface area contributed by atoms with E-state index in [2.05, 4.69) is 4.72 Å². The van der Waals surface area contributed by atoms with Gasteiger partial charge in [0, 0.05) is 10.9 Å². The van der Waals surface area contributed by atoms with Crippen molar-refractivity contribution in [2.24, 2.45) is 0 Å². The highest BCUT2D eigenvalue weighted by atomic mass is 32.2. The molecule has 0 bridgehead atoms. The molecule has 0 aliphatic heterocycles. The molecule has 4 rings (SSSR count). The lowest BCUT2D eigenvalue weighted by molar-refractivity contribution is -0.137. The van der Waals surface area contributed by atoms with Crippen molar-refractivity contribution in [1.82, 2.24) is 3.97 Å². The Balaban J connectivity index is 2.08. The van der Waals surface area contributed by atoms with Crippen LogP contribution in [0.15, 0.2) is 77.7 Å². The lowest BCUT2D eigenvalue weighted by atomic mass is 10.0. The predicted molar refractivity (Wildman–Crippen MR) is 125 cm³/mol. The molecule has 6 nitrogen and oxygen atoms in total. The van der Waals surface area contributed by atoms with E-state index in [0.717, 1.165) is 27.9 Å². The standard InChI is InChI=1S/C23H19F3N2O4S2/c1-15-7-13-18(14-8-15)34(31,32)28-20-6-4-3-5-19(20)21(22(28)27-33(2,29)30)16-9-11-17(12-10-16)23(24,25)26/h3-14,27H,1-2H3. The second kappa shape index (κ2) is 8.17. The maximum absolute atomic E-state index is 13.7. The minimum atomic E-state index is -4.56. The third kappa shape index (κ3) is 4.40. The number of alkyl halides is 3. The van der Waals surface area contributed by atoms with Gasteiger partial charge in [0.15, 0.2) is 0 Å². The van der Waals surface area contributed by atoms with E-state index in [4.69, 9.17) is 0 Å². The average molecular weight is 509 g/mol. The third-order valence-corrected chi connectivity index (χ3v) is 7.47. The van der Waals surface area contributed by atoms with Crippen molar-refractivity contribution in [3.8, 4) is 11.1 Å². The summed E-state index contributed by atoms with van der Waals surface area (Å²) in [6.45, 7) is 1.79. The van der Waals surface area contributed by atoms with Crippen LogP contribution in [0, 0.1) is 6.92 Å². The number of aryl methyl sites for hydroxylation is 1. The van der Waals surface area contributed by atoms with E-state index < -0.39 is 31.8 Å². The molecule has 0 aliphatic rings. The van der Waals surface area contributed by atoms with Gasteiger partial charge in [-0.25, -0.2) is 20.8 Å². The van der Waals surface area contributed by atoms with Gasteiger partial charge in [0.05, 0.1) is 22.2 Å². The summed E-state index contributed by atoms with van der Waals surface area (Å²) in [5.74, 6) is -0.288. The summed E-state index contributed by atoms with van der Waals surface area (Å²) in [5, 5.41) is 0.351. The van der Waals surface area contributed by atoms with Gasteiger partial charge in [-0.1, -0.05) is 48.0 Å². The molecule has 0 radical (unpaired) electrons. The zero-order valence-electron chi connectivity index (χ0n) is 18.0. The minimum absolute atomic E-state index is 0.0747. The number of hydrogen-bond acceptors (Lipinski definition) is 4. The number of nitrogens with one attached hydrogen (secondary N) is 1. The Morgan fingerprint density at radius 3 is 1.97 bits per heavy atom. The summed E-state index contributed by atoms with van der Waals surface area (Å²) in [5.41, 5.74) is 0.476. The van der Waals surface area contributed by atoms with E-state index in [1.165, 1.54) is 30.3 Å². The van der Waals surface area contributed by atoms with Crippen molar-refractivity contribution in [3.05, 3.63) is 83.9 Å². The fourth-order valence-corrected chi connectivity index (χ4v) is 5.75. The van der Waals surface area contributed by atoms with Crippen molar-refractivity contribution in [3.63, 3.8) is 0 Å². The Bertz CT molecular complexity index is 1590. The van der Waals surface area contributed by atoms with Crippen molar-refractivity contribution in [1.29, 1.82) is 0 Å². The van der Waals surface area contributed by atoms with Gasteiger partial charge in [-0.15, -0.1) is 0 Å². The van der Waals surface area contributed by atoms with Crippen LogP contribution < -0.4 is 4.72 Å². The van der Waals surface area contributed by atoms with Gasteiger partial charge < -0.3 is 0 Å². The van der Waals surface area contributed by atoms with Crippen LogP contribution in [0.4, 0.5) is 19.0 Å². The first-order chi connectivity index (χ1) is 15.8. The summed E-state index contributed by atoms with van der Waals surface area (Å²) in [6, 6.07) is 16.4. The zero-order valence-corrected chi connectivity index (χ0v) is 19.6. The summed E-state index contributed by atoms with van der Waals surface area (Å²) >= 11 is 0. The van der Waals surface area contributed by atoms with Gasteiger partial charge >= 0.3 is 6.18 Å². The smallest absolute Gasteiger partial charge is 0.268 e. The molecule has 0 saturated heterocycles. The highest BCUT2D eigenvalue weighted by molar-refractivity contribution is 7.92. The second-order valence-corrected chi connectivity index (χ2v) is 11.3. The SMILES string of the molecule is Cc1ccc(S(=O)(=O)n2c(NS(C)(=O)=O)c(-c3ccc(C(F)(F)F)cc3)c3ccccc32)cc1. The number of para-hydroxylation sites is 1. The number of halogens is 3. The number of rotatable bonds is 5. The quantitative estimate of drug-likeness (QED) is 0.399. The van der Waals surface area contributed by atoms with Crippen molar-refractivity contribution in [2.45, 2.75) is 18.0 Å². The van der Waals surface area contributed by atoms with Crippen molar-refractivity contribution >= 4 is 36.8 Å². The Morgan fingerprint density at radius 1 is 0.824 bits per heavy atom. The number of sulfonamides is 1. The van der Waals surface area contributed by atoms with E-state index in [0.29, 0.717) is 5.39 Å². The van der Waals surface area contributed by atoms with E-state index >= 15 is 0 Å². The molecule has 0 fully saturated rings. The van der Waals surface area contributed by atoms with Crippen molar-refractivity contribution in [2.75, 3.05) is 11.0 Å². The first-order valence-electron chi connectivity index (χ1n) is 9.90. The Kier molecular flexibility index (Phi) is 5.73. The fraction of sp³-hybridized carbons (Fsp3) is 0.130. The van der Waals surface area contributed by atoms with Crippen LogP contribution >= 0.6 is 0 Å². The number of aromatic nitrogens is 1. The molecule has 0 aliphatic carbocycles. The molecule has 178 valence electrons. The molecule has 1 aromatic heterocycles. The lowest BCUT2D eigenvalue weighted by Gasteiger charge is -2.14. The molecule has 3 aromatic carbocycles. The normalized spacial score (nSPS) is 12.7. The number of anilines is 1. The van der Waals surface area contributed by atoms with Crippen LogP contribution in [0.5, 0.6) is 0 Å². The van der Waals surface area contributed by atoms with Gasteiger partial charge in [0.1, 0.15) is 5.82 Å². The topological polar surface area (TPSA) is 85.2 Å². The molecule has 0 unspecified atom stereocenters. The van der Waals surface area contributed by atoms with Gasteiger partial charge in [-0.3, -0.25) is 4.72 Å².